The minimum absolute atomic E-state index is 0.106. The van der Waals surface area contributed by atoms with E-state index in [1.165, 1.54) is 0 Å². The number of ether oxygens (including phenoxy) is 3. The molecule has 1 fully saturated rings. The fourth-order valence-corrected chi connectivity index (χ4v) is 4.19. The van der Waals surface area contributed by atoms with Crippen LogP contribution in [0.5, 0.6) is 11.5 Å². The number of carbonyl (C=O) groups excluding carboxylic acids is 1. The number of aliphatic hydroxyl groups excluding tert-OH is 1. The van der Waals surface area contributed by atoms with Crippen molar-refractivity contribution in [2.75, 3.05) is 57.9 Å². The van der Waals surface area contributed by atoms with Crippen molar-refractivity contribution in [1.82, 2.24) is 4.90 Å². The highest BCUT2D eigenvalue weighted by Crippen LogP contribution is 2.34. The maximum Gasteiger partial charge on any atom is 0.340 e. The van der Waals surface area contributed by atoms with Crippen molar-refractivity contribution in [1.29, 1.82) is 0 Å². The van der Waals surface area contributed by atoms with Crippen LogP contribution in [0.1, 0.15) is 43.6 Å². The predicted molar refractivity (Wildman–Crippen MR) is 134 cm³/mol. The third kappa shape index (κ3) is 6.64. The summed E-state index contributed by atoms with van der Waals surface area (Å²) in [6, 6.07) is 13.4. The van der Waals surface area contributed by atoms with Crippen LogP contribution in [0.4, 0.5) is 5.69 Å². The molecule has 0 saturated carbocycles. The van der Waals surface area contributed by atoms with Crippen molar-refractivity contribution in [3.63, 3.8) is 0 Å². The zero-order valence-corrected chi connectivity index (χ0v) is 21.0. The van der Waals surface area contributed by atoms with E-state index in [-0.39, 0.29) is 18.0 Å². The van der Waals surface area contributed by atoms with E-state index in [4.69, 9.17) is 14.2 Å². The van der Waals surface area contributed by atoms with Gasteiger partial charge in [0.1, 0.15) is 24.2 Å². The molecule has 0 aliphatic carbocycles. The molecule has 7 heteroatoms. The number of esters is 1. The normalized spacial score (nSPS) is 15.6. The molecule has 1 unspecified atom stereocenters. The van der Waals surface area contributed by atoms with Crippen molar-refractivity contribution in [2.45, 2.75) is 39.2 Å². The van der Waals surface area contributed by atoms with Gasteiger partial charge in [0.25, 0.3) is 0 Å². The molecule has 2 aromatic rings. The number of carbonyl (C=O) groups is 1. The van der Waals surface area contributed by atoms with E-state index in [1.54, 1.807) is 7.11 Å². The number of aliphatic hydroxyl groups is 1. The summed E-state index contributed by atoms with van der Waals surface area (Å²) in [6.07, 6.45) is -0.603. The molecule has 0 amide bonds. The molecule has 7 nitrogen and oxygen atoms in total. The van der Waals surface area contributed by atoms with Gasteiger partial charge in [-0.2, -0.15) is 0 Å². The van der Waals surface area contributed by atoms with Gasteiger partial charge in [-0.05, 0) is 42.7 Å². The average molecular weight is 471 g/mol. The zero-order chi connectivity index (χ0) is 24.7. The van der Waals surface area contributed by atoms with Gasteiger partial charge in [-0.15, -0.1) is 0 Å². The van der Waals surface area contributed by atoms with Crippen molar-refractivity contribution in [3.05, 3.63) is 53.6 Å². The van der Waals surface area contributed by atoms with Crippen LogP contribution in [0.2, 0.25) is 0 Å². The van der Waals surface area contributed by atoms with Gasteiger partial charge in [0.15, 0.2) is 0 Å². The third-order valence-corrected chi connectivity index (χ3v) is 6.01. The van der Waals surface area contributed by atoms with Crippen LogP contribution in [-0.2, 0) is 10.2 Å². The first-order valence-electron chi connectivity index (χ1n) is 12.0. The lowest BCUT2D eigenvalue weighted by Crippen LogP contribution is -2.49. The van der Waals surface area contributed by atoms with Crippen LogP contribution in [0.15, 0.2) is 42.5 Å². The Hall–Kier alpha value is -2.77. The highest BCUT2D eigenvalue weighted by Gasteiger charge is 2.24. The summed E-state index contributed by atoms with van der Waals surface area (Å²) in [5.74, 6) is 1.27. The largest absolute Gasteiger partial charge is 0.497 e. The lowest BCUT2D eigenvalue weighted by Gasteiger charge is -2.37. The van der Waals surface area contributed by atoms with Gasteiger partial charge in [-0.3, -0.25) is 4.90 Å². The Bertz CT molecular complexity index is 948. The summed E-state index contributed by atoms with van der Waals surface area (Å²) in [5.41, 5.74) is 2.44. The first kappa shape index (κ1) is 25.8. The Morgan fingerprint density at radius 1 is 1.09 bits per heavy atom. The number of benzene rings is 2. The molecular formula is C27H38N2O5. The minimum atomic E-state index is -0.603. The van der Waals surface area contributed by atoms with Gasteiger partial charge in [0.05, 0.1) is 25.0 Å². The van der Waals surface area contributed by atoms with E-state index in [9.17, 15) is 9.90 Å². The molecule has 1 heterocycles. The highest BCUT2D eigenvalue weighted by molar-refractivity contribution is 5.95. The smallest absolute Gasteiger partial charge is 0.340 e. The highest BCUT2D eigenvalue weighted by atomic mass is 16.5. The number of β-amino-alcohol motifs (C(OH)–C–C–N with tert-alkyl or cyclic N) is 1. The number of rotatable bonds is 9. The molecule has 34 heavy (non-hydrogen) atoms. The molecule has 0 aromatic heterocycles. The minimum Gasteiger partial charge on any atom is -0.497 e. The molecule has 0 radical (unpaired) electrons. The van der Waals surface area contributed by atoms with E-state index in [2.05, 4.69) is 30.6 Å². The maximum atomic E-state index is 12.3. The van der Waals surface area contributed by atoms with Gasteiger partial charge in [-0.25, -0.2) is 4.79 Å². The van der Waals surface area contributed by atoms with E-state index >= 15 is 0 Å². The Balaban J connectivity index is 1.54. The van der Waals surface area contributed by atoms with Crippen molar-refractivity contribution in [2.24, 2.45) is 0 Å². The number of piperazine rings is 1. The summed E-state index contributed by atoms with van der Waals surface area (Å²) in [7, 11) is 1.65. The molecule has 1 atom stereocenters. The van der Waals surface area contributed by atoms with Gasteiger partial charge >= 0.3 is 5.97 Å². The van der Waals surface area contributed by atoms with Gasteiger partial charge in [0, 0.05) is 38.3 Å². The van der Waals surface area contributed by atoms with Crippen LogP contribution >= 0.6 is 0 Å². The van der Waals surface area contributed by atoms with Crippen molar-refractivity contribution >= 4 is 11.7 Å². The zero-order valence-electron chi connectivity index (χ0n) is 21.0. The second kappa shape index (κ2) is 11.6. The Labute approximate surface area is 203 Å². The van der Waals surface area contributed by atoms with E-state index in [0.29, 0.717) is 18.7 Å². The molecule has 1 aliphatic rings. The van der Waals surface area contributed by atoms with Crippen LogP contribution in [0.25, 0.3) is 0 Å². The fourth-order valence-electron chi connectivity index (χ4n) is 4.19. The summed E-state index contributed by atoms with van der Waals surface area (Å²) in [5, 5.41) is 10.6. The van der Waals surface area contributed by atoms with Gasteiger partial charge in [-0.1, -0.05) is 32.9 Å². The summed E-state index contributed by atoms with van der Waals surface area (Å²) < 4.78 is 16.6. The molecular weight excluding hydrogens is 432 g/mol. The number of hydrogen-bond acceptors (Lipinski definition) is 7. The average Bonchev–Trinajstić information content (AvgIpc) is 2.82. The number of anilines is 1. The van der Waals surface area contributed by atoms with Crippen LogP contribution < -0.4 is 14.4 Å². The van der Waals surface area contributed by atoms with E-state index in [1.807, 2.05) is 49.4 Å². The summed E-state index contributed by atoms with van der Waals surface area (Å²) in [4.78, 5) is 16.8. The molecule has 1 saturated heterocycles. The summed E-state index contributed by atoms with van der Waals surface area (Å²) >= 11 is 0. The van der Waals surface area contributed by atoms with Crippen molar-refractivity contribution in [3.8, 4) is 11.5 Å². The Morgan fingerprint density at radius 3 is 2.44 bits per heavy atom. The molecule has 1 aliphatic heterocycles. The second-order valence-electron chi connectivity index (χ2n) is 9.60. The van der Waals surface area contributed by atoms with Crippen LogP contribution in [-0.4, -0.2) is 75.1 Å². The standard InChI is InChI=1S/C27H38N2O5/c1-6-33-26(31)22-9-7-8-10-24(22)29-15-13-28(14-16-29)18-20(30)19-34-25-12-11-21(32-5)17-23(25)27(2,3)4/h7-12,17,20,30H,6,13-16,18-19H2,1-5H3. The van der Waals surface area contributed by atoms with E-state index < -0.39 is 6.10 Å². The van der Waals surface area contributed by atoms with E-state index in [0.717, 1.165) is 48.9 Å². The van der Waals surface area contributed by atoms with Crippen LogP contribution in [0, 0.1) is 0 Å². The Kier molecular flexibility index (Phi) is 8.80. The maximum absolute atomic E-state index is 12.3. The lowest BCUT2D eigenvalue weighted by molar-refractivity contribution is 0.0526. The molecule has 0 spiro atoms. The first-order valence-corrected chi connectivity index (χ1v) is 12.0. The summed E-state index contributed by atoms with van der Waals surface area (Å²) in [6.45, 7) is 12.5. The number of methoxy groups -OCH3 is 1. The second-order valence-corrected chi connectivity index (χ2v) is 9.60. The van der Waals surface area contributed by atoms with Crippen LogP contribution in [0.3, 0.4) is 0 Å². The fraction of sp³-hybridized carbons (Fsp3) is 0.519. The van der Waals surface area contributed by atoms with Gasteiger partial charge < -0.3 is 24.2 Å². The van der Waals surface area contributed by atoms with Crippen molar-refractivity contribution < 1.29 is 24.1 Å². The molecule has 0 bridgehead atoms. The number of nitrogens with zero attached hydrogens (tertiary/aromatic N) is 2. The quantitative estimate of drug-likeness (QED) is 0.560. The first-order chi connectivity index (χ1) is 16.2. The SMILES string of the molecule is CCOC(=O)c1ccccc1N1CCN(CC(O)COc2ccc(OC)cc2C(C)(C)C)CC1. The third-order valence-electron chi connectivity index (χ3n) is 6.01. The molecule has 186 valence electrons. The lowest BCUT2D eigenvalue weighted by atomic mass is 9.86. The number of para-hydroxylation sites is 1. The predicted octanol–water partition coefficient (Wildman–Crippen LogP) is 3.73. The van der Waals surface area contributed by atoms with Gasteiger partial charge in [0.2, 0.25) is 0 Å². The molecule has 3 rings (SSSR count). The Morgan fingerprint density at radius 2 is 1.79 bits per heavy atom. The monoisotopic (exact) mass is 470 g/mol. The number of hydrogen-bond donors (Lipinski definition) is 1. The molecule has 2 aromatic carbocycles. The topological polar surface area (TPSA) is 71.5 Å². The molecule has 1 N–H and O–H groups in total.